The van der Waals surface area contributed by atoms with E-state index >= 15 is 0 Å². The van der Waals surface area contributed by atoms with Crippen molar-refractivity contribution in [2.24, 2.45) is 0 Å². The van der Waals surface area contributed by atoms with E-state index in [1.807, 2.05) is 0 Å². The Labute approximate surface area is 153 Å². The lowest BCUT2D eigenvalue weighted by Crippen LogP contribution is -2.26. The van der Waals surface area contributed by atoms with Gasteiger partial charge in [0.1, 0.15) is 0 Å². The third-order valence-electron chi connectivity index (χ3n) is 3.46. The molecule has 0 aliphatic rings. The molecule has 0 fully saturated rings. The summed E-state index contributed by atoms with van der Waals surface area (Å²) in [4.78, 5) is 11.7. The molecule has 9 heteroatoms. The predicted molar refractivity (Wildman–Crippen MR) is 92.0 cm³/mol. The minimum atomic E-state index is -4.69. The fraction of sp³-hybridized carbons (Fsp3) is 0.188. The van der Waals surface area contributed by atoms with Crippen molar-refractivity contribution in [1.29, 1.82) is 0 Å². The first kappa shape index (κ1) is 19.6. The Hall–Kier alpha value is -1.70. The molecular formula is C16H13Cl2F2NO3S. The molecule has 2 aromatic rings. The fourth-order valence-electron chi connectivity index (χ4n) is 2.11. The monoisotopic (exact) mass is 407 g/mol. The Morgan fingerprint density at radius 3 is 2.20 bits per heavy atom. The lowest BCUT2D eigenvalue weighted by atomic mass is 10.1. The van der Waals surface area contributed by atoms with E-state index in [0.29, 0.717) is 15.6 Å². The maximum Gasteiger partial charge on any atom is 0.341 e. The molecule has 0 saturated carbocycles. The predicted octanol–water partition coefficient (Wildman–Crippen LogP) is 4.48. The molecule has 0 aliphatic carbocycles. The number of benzene rings is 2. The molecule has 0 radical (unpaired) electrons. The summed E-state index contributed by atoms with van der Waals surface area (Å²) in [7, 11) is -4.69. The van der Waals surface area contributed by atoms with E-state index in [1.165, 1.54) is 12.1 Å². The van der Waals surface area contributed by atoms with E-state index in [-0.39, 0.29) is 5.56 Å². The number of amides is 1. The summed E-state index contributed by atoms with van der Waals surface area (Å²) in [6, 6.07) is 8.68. The smallest absolute Gasteiger partial charge is 0.341 e. The molecule has 1 N–H and O–H groups in total. The van der Waals surface area contributed by atoms with Crippen molar-refractivity contribution < 1.29 is 22.0 Å². The van der Waals surface area contributed by atoms with E-state index in [1.54, 1.807) is 25.1 Å². The van der Waals surface area contributed by atoms with Crippen LogP contribution in [0.25, 0.3) is 0 Å². The number of hydrogen-bond acceptors (Lipinski definition) is 3. The van der Waals surface area contributed by atoms with Gasteiger partial charge in [-0.15, -0.1) is 0 Å². The van der Waals surface area contributed by atoms with Gasteiger partial charge in [-0.3, -0.25) is 4.79 Å². The van der Waals surface area contributed by atoms with Crippen molar-refractivity contribution in [2.75, 3.05) is 0 Å². The van der Waals surface area contributed by atoms with E-state index in [4.69, 9.17) is 23.2 Å². The third-order valence-corrected chi connectivity index (χ3v) is 5.42. The number of nitrogens with one attached hydrogen (secondary N) is 1. The van der Waals surface area contributed by atoms with E-state index in [0.717, 1.165) is 12.1 Å². The lowest BCUT2D eigenvalue weighted by Gasteiger charge is -2.16. The highest BCUT2D eigenvalue weighted by Crippen LogP contribution is 2.26. The van der Waals surface area contributed by atoms with Crippen LogP contribution in [0.2, 0.25) is 10.0 Å². The molecule has 25 heavy (non-hydrogen) atoms. The summed E-state index contributed by atoms with van der Waals surface area (Å²) in [5.41, 5.74) is 0.779. The van der Waals surface area contributed by atoms with Crippen molar-refractivity contribution in [1.82, 2.24) is 5.32 Å². The Morgan fingerprint density at radius 2 is 1.68 bits per heavy atom. The lowest BCUT2D eigenvalue weighted by molar-refractivity contribution is 0.0940. The number of carbonyl (C=O) groups is 1. The second-order valence-electron chi connectivity index (χ2n) is 5.19. The summed E-state index contributed by atoms with van der Waals surface area (Å²) in [5, 5.41) is 3.54. The topological polar surface area (TPSA) is 63.2 Å². The van der Waals surface area contributed by atoms with Gasteiger partial charge in [-0.2, -0.15) is 8.78 Å². The standard InChI is InChI=1S/C16H13Cl2F2NO3S/c1-9(13-7-4-11(17)8-14(13)18)21-15(22)10-2-5-12(6-3-10)25(23,24)16(19)20/h2-9,16H,1H3,(H,21,22). The maximum atomic E-state index is 12.5. The van der Waals surface area contributed by atoms with Gasteiger partial charge in [0.15, 0.2) is 0 Å². The first-order valence-corrected chi connectivity index (χ1v) is 9.31. The minimum Gasteiger partial charge on any atom is -0.345 e. The highest BCUT2D eigenvalue weighted by molar-refractivity contribution is 7.91. The molecule has 1 amide bonds. The molecule has 0 aromatic heterocycles. The number of alkyl halides is 2. The van der Waals surface area contributed by atoms with Crippen LogP contribution in [0, 0.1) is 0 Å². The van der Waals surface area contributed by atoms with Gasteiger partial charge in [0, 0.05) is 15.6 Å². The maximum absolute atomic E-state index is 12.5. The normalized spacial score (nSPS) is 12.9. The van der Waals surface area contributed by atoms with Crippen LogP contribution in [0.15, 0.2) is 47.4 Å². The third kappa shape index (κ3) is 4.48. The van der Waals surface area contributed by atoms with Crippen LogP contribution >= 0.6 is 23.2 Å². The zero-order valence-corrected chi connectivity index (χ0v) is 15.2. The van der Waals surface area contributed by atoms with Crippen LogP contribution in [-0.4, -0.2) is 20.1 Å². The van der Waals surface area contributed by atoms with Crippen LogP contribution < -0.4 is 5.32 Å². The molecule has 2 aromatic carbocycles. The minimum absolute atomic E-state index is 0.130. The fourth-order valence-corrected chi connectivity index (χ4v) is 3.40. The van der Waals surface area contributed by atoms with Gasteiger partial charge in [-0.25, -0.2) is 8.42 Å². The Bertz CT molecular complexity index is 887. The van der Waals surface area contributed by atoms with Crippen LogP contribution in [-0.2, 0) is 9.84 Å². The summed E-state index contributed by atoms with van der Waals surface area (Å²) >= 11 is 11.9. The molecule has 1 atom stereocenters. The van der Waals surface area contributed by atoms with Gasteiger partial charge < -0.3 is 5.32 Å². The molecule has 0 spiro atoms. The van der Waals surface area contributed by atoms with E-state index in [9.17, 15) is 22.0 Å². The molecule has 2 rings (SSSR count). The molecule has 0 aliphatic heterocycles. The van der Waals surface area contributed by atoms with E-state index < -0.39 is 32.4 Å². The summed E-state index contributed by atoms with van der Waals surface area (Å²) in [6.07, 6.45) is 0. The van der Waals surface area contributed by atoms with E-state index in [2.05, 4.69) is 5.32 Å². The van der Waals surface area contributed by atoms with Gasteiger partial charge in [0.05, 0.1) is 10.9 Å². The molecule has 0 bridgehead atoms. The summed E-state index contributed by atoms with van der Waals surface area (Å²) in [6.45, 7) is 1.71. The quantitative estimate of drug-likeness (QED) is 0.794. The van der Waals surface area contributed by atoms with Gasteiger partial charge in [-0.1, -0.05) is 29.3 Å². The summed E-state index contributed by atoms with van der Waals surface area (Å²) in [5.74, 6) is -4.02. The molecule has 134 valence electrons. The number of hydrogen-bond donors (Lipinski definition) is 1. The molecule has 0 heterocycles. The van der Waals surface area contributed by atoms with Crippen LogP contribution in [0.4, 0.5) is 8.78 Å². The molecule has 1 unspecified atom stereocenters. The first-order valence-electron chi connectivity index (χ1n) is 7.01. The Morgan fingerprint density at radius 1 is 1.08 bits per heavy atom. The number of carbonyl (C=O) groups excluding carboxylic acids is 1. The van der Waals surface area contributed by atoms with Gasteiger partial charge in [0.25, 0.3) is 5.91 Å². The van der Waals surface area contributed by atoms with Crippen LogP contribution in [0.1, 0.15) is 28.9 Å². The first-order chi connectivity index (χ1) is 11.6. The number of halogens is 4. The average molecular weight is 408 g/mol. The Balaban J connectivity index is 2.16. The molecule has 4 nitrogen and oxygen atoms in total. The van der Waals surface area contributed by atoms with Crippen molar-refractivity contribution in [2.45, 2.75) is 23.6 Å². The number of rotatable bonds is 5. The SMILES string of the molecule is CC(NC(=O)c1ccc(S(=O)(=O)C(F)F)cc1)c1ccc(Cl)cc1Cl. The van der Waals surface area contributed by atoms with Crippen molar-refractivity contribution in [3.63, 3.8) is 0 Å². The van der Waals surface area contributed by atoms with Gasteiger partial charge in [0.2, 0.25) is 9.84 Å². The van der Waals surface area contributed by atoms with Crippen molar-refractivity contribution in [3.05, 3.63) is 63.6 Å². The van der Waals surface area contributed by atoms with Crippen molar-refractivity contribution >= 4 is 38.9 Å². The largest absolute Gasteiger partial charge is 0.345 e. The summed E-state index contributed by atoms with van der Waals surface area (Å²) < 4.78 is 47.7. The van der Waals surface area contributed by atoms with Gasteiger partial charge in [-0.05, 0) is 48.9 Å². The van der Waals surface area contributed by atoms with Crippen LogP contribution in [0.5, 0.6) is 0 Å². The Kier molecular flexibility index (Phi) is 6.03. The highest BCUT2D eigenvalue weighted by Gasteiger charge is 2.26. The molecule has 0 saturated heterocycles. The number of sulfone groups is 1. The second kappa shape index (κ2) is 7.68. The zero-order valence-electron chi connectivity index (χ0n) is 12.8. The highest BCUT2D eigenvalue weighted by atomic mass is 35.5. The second-order valence-corrected chi connectivity index (χ2v) is 7.95. The van der Waals surface area contributed by atoms with Gasteiger partial charge >= 0.3 is 5.76 Å². The van der Waals surface area contributed by atoms with Crippen molar-refractivity contribution in [3.8, 4) is 0 Å². The zero-order chi connectivity index (χ0) is 18.8. The average Bonchev–Trinajstić information content (AvgIpc) is 2.54. The van der Waals surface area contributed by atoms with Crippen LogP contribution in [0.3, 0.4) is 0 Å². The molecular weight excluding hydrogens is 395 g/mol.